The molecule has 0 aliphatic rings. The van der Waals surface area contributed by atoms with Crippen LogP contribution in [0, 0.1) is 0 Å². The molecule has 0 unspecified atom stereocenters. The van der Waals surface area contributed by atoms with Gasteiger partial charge in [0.1, 0.15) is 0 Å². The highest BCUT2D eigenvalue weighted by atomic mass is 35.5. The Bertz CT molecular complexity index is 524. The number of nitrogens with two attached hydrogens (primary N) is 1. The number of amides is 1. The molecule has 2 aromatic rings. The van der Waals surface area contributed by atoms with Crippen LogP contribution in [0.15, 0.2) is 42.0 Å². The van der Waals surface area contributed by atoms with Gasteiger partial charge in [-0.1, -0.05) is 24.3 Å². The number of allylic oxidation sites excluding steroid dienone is 1. The first-order chi connectivity index (χ1) is 7.70. The molecule has 0 saturated heterocycles. The Labute approximate surface area is 106 Å². The van der Waals surface area contributed by atoms with E-state index in [2.05, 4.69) is 4.98 Å². The summed E-state index contributed by atoms with van der Waals surface area (Å²) in [4.78, 5) is 14.4. The van der Waals surface area contributed by atoms with Gasteiger partial charge in [-0.15, -0.1) is 12.4 Å². The van der Waals surface area contributed by atoms with Crippen LogP contribution in [-0.4, -0.2) is 10.9 Å². The van der Waals surface area contributed by atoms with Gasteiger partial charge >= 0.3 is 0 Å². The Hall–Kier alpha value is -1.74. The lowest BCUT2D eigenvalue weighted by Gasteiger charge is -1.99. The van der Waals surface area contributed by atoms with Gasteiger partial charge in [-0.2, -0.15) is 0 Å². The molecule has 0 fully saturated rings. The molecule has 0 aliphatic heterocycles. The molecule has 90 valence electrons. The maximum Gasteiger partial charge on any atom is 0.244 e. The lowest BCUT2D eigenvalue weighted by molar-refractivity contribution is -0.114. The van der Waals surface area contributed by atoms with Crippen molar-refractivity contribution in [2.45, 2.75) is 13.3 Å². The molecule has 1 amide bonds. The first-order valence-electron chi connectivity index (χ1n) is 5.22. The molecule has 0 spiro atoms. The van der Waals surface area contributed by atoms with Crippen LogP contribution in [-0.2, 0) is 11.2 Å². The second-order valence-corrected chi connectivity index (χ2v) is 3.74. The highest BCUT2D eigenvalue weighted by Gasteiger charge is 2.07. The summed E-state index contributed by atoms with van der Waals surface area (Å²) in [5, 5.41) is 1.15. The van der Waals surface area contributed by atoms with E-state index in [-0.39, 0.29) is 18.3 Å². The second kappa shape index (κ2) is 5.55. The lowest BCUT2D eigenvalue weighted by Crippen LogP contribution is -2.15. The van der Waals surface area contributed by atoms with Crippen molar-refractivity contribution in [2.75, 3.05) is 0 Å². The average Bonchev–Trinajstić information content (AvgIpc) is 2.67. The van der Waals surface area contributed by atoms with Crippen molar-refractivity contribution in [1.29, 1.82) is 0 Å². The van der Waals surface area contributed by atoms with Crippen LogP contribution in [0.3, 0.4) is 0 Å². The van der Waals surface area contributed by atoms with E-state index in [1.165, 1.54) is 0 Å². The van der Waals surface area contributed by atoms with Gasteiger partial charge in [-0.25, -0.2) is 0 Å². The van der Waals surface area contributed by atoms with E-state index in [4.69, 9.17) is 5.73 Å². The van der Waals surface area contributed by atoms with E-state index in [0.717, 1.165) is 16.6 Å². The Morgan fingerprint density at radius 3 is 2.71 bits per heavy atom. The largest absolute Gasteiger partial charge is 0.366 e. The summed E-state index contributed by atoms with van der Waals surface area (Å²) < 4.78 is 0. The van der Waals surface area contributed by atoms with Gasteiger partial charge in [0, 0.05) is 23.2 Å². The number of H-pyrrole nitrogens is 1. The normalized spacial score (nSPS) is 11.2. The smallest absolute Gasteiger partial charge is 0.244 e. The molecular weight excluding hydrogens is 236 g/mol. The monoisotopic (exact) mass is 250 g/mol. The molecule has 4 heteroatoms. The zero-order valence-electron chi connectivity index (χ0n) is 9.57. The first-order valence-corrected chi connectivity index (χ1v) is 5.22. The van der Waals surface area contributed by atoms with Gasteiger partial charge in [0.15, 0.2) is 0 Å². The molecular formula is C13H15ClN2O. The van der Waals surface area contributed by atoms with Crippen LogP contribution < -0.4 is 5.73 Å². The number of aromatic amines is 1. The summed E-state index contributed by atoms with van der Waals surface area (Å²) in [5.41, 5.74) is 7.99. The van der Waals surface area contributed by atoms with E-state index in [9.17, 15) is 4.79 Å². The zero-order valence-corrected chi connectivity index (χ0v) is 10.4. The third-order valence-electron chi connectivity index (χ3n) is 2.63. The van der Waals surface area contributed by atoms with E-state index >= 15 is 0 Å². The van der Waals surface area contributed by atoms with E-state index in [1.54, 1.807) is 6.08 Å². The molecule has 17 heavy (non-hydrogen) atoms. The fourth-order valence-corrected chi connectivity index (χ4v) is 1.77. The van der Waals surface area contributed by atoms with E-state index < -0.39 is 0 Å². The summed E-state index contributed by atoms with van der Waals surface area (Å²) in [6, 6.07) is 10.1. The van der Waals surface area contributed by atoms with Crippen molar-refractivity contribution in [1.82, 2.24) is 4.98 Å². The number of primary amides is 1. The van der Waals surface area contributed by atoms with Crippen LogP contribution in [0.25, 0.3) is 10.9 Å². The lowest BCUT2D eigenvalue weighted by atomic mass is 10.1. The molecule has 1 aromatic heterocycles. The highest BCUT2D eigenvalue weighted by Crippen LogP contribution is 2.16. The van der Waals surface area contributed by atoms with Gasteiger partial charge < -0.3 is 10.7 Å². The summed E-state index contributed by atoms with van der Waals surface area (Å²) in [6.45, 7) is 1.82. The second-order valence-electron chi connectivity index (χ2n) is 3.74. The number of nitrogens with one attached hydrogen (secondary N) is 1. The van der Waals surface area contributed by atoms with Gasteiger partial charge in [0.25, 0.3) is 0 Å². The number of hydrogen-bond acceptors (Lipinski definition) is 1. The number of hydrogen-bond donors (Lipinski definition) is 2. The quantitative estimate of drug-likeness (QED) is 0.809. The van der Waals surface area contributed by atoms with Crippen LogP contribution in [0.4, 0.5) is 0 Å². The molecule has 0 atom stereocenters. The average molecular weight is 251 g/mol. The minimum absolute atomic E-state index is 0. The fourth-order valence-electron chi connectivity index (χ4n) is 1.77. The topological polar surface area (TPSA) is 58.9 Å². The SMILES string of the molecule is CC=C(Cc1cc2ccccc2[nH]1)C(N)=O.Cl. The standard InChI is InChI=1S/C13H14N2O.ClH/c1-2-9(13(14)16)7-11-8-10-5-3-4-6-12(10)15-11;/h2-6,8,15H,7H2,1H3,(H2,14,16);1H. The van der Waals surface area contributed by atoms with Gasteiger partial charge in [-0.3, -0.25) is 4.79 Å². The summed E-state index contributed by atoms with van der Waals surface area (Å²) in [5.74, 6) is -0.360. The number of halogens is 1. The van der Waals surface area contributed by atoms with Gasteiger partial charge in [-0.05, 0) is 24.4 Å². The predicted molar refractivity (Wildman–Crippen MR) is 72.2 cm³/mol. The number of fused-ring (bicyclic) bond motifs is 1. The Kier molecular flexibility index (Phi) is 4.35. The third-order valence-corrected chi connectivity index (χ3v) is 2.63. The van der Waals surface area contributed by atoms with Crippen molar-refractivity contribution in [3.63, 3.8) is 0 Å². The number of benzene rings is 1. The molecule has 0 bridgehead atoms. The Morgan fingerprint density at radius 2 is 2.12 bits per heavy atom. The van der Waals surface area contributed by atoms with E-state index in [0.29, 0.717) is 12.0 Å². The number of aromatic nitrogens is 1. The van der Waals surface area contributed by atoms with Crippen molar-refractivity contribution in [2.24, 2.45) is 5.73 Å². The van der Waals surface area contributed by atoms with Crippen molar-refractivity contribution in [3.8, 4) is 0 Å². The first kappa shape index (κ1) is 13.3. The van der Waals surface area contributed by atoms with Crippen molar-refractivity contribution in [3.05, 3.63) is 47.7 Å². The minimum atomic E-state index is -0.360. The summed E-state index contributed by atoms with van der Waals surface area (Å²) >= 11 is 0. The molecule has 1 aromatic carbocycles. The molecule has 3 N–H and O–H groups in total. The number of carbonyl (C=O) groups is 1. The van der Waals surface area contributed by atoms with Crippen LogP contribution in [0.5, 0.6) is 0 Å². The van der Waals surface area contributed by atoms with Gasteiger partial charge in [0.05, 0.1) is 0 Å². The van der Waals surface area contributed by atoms with Crippen LogP contribution >= 0.6 is 12.4 Å². The minimum Gasteiger partial charge on any atom is -0.366 e. The van der Waals surface area contributed by atoms with Gasteiger partial charge in [0.2, 0.25) is 5.91 Å². The predicted octanol–water partition coefficient (Wildman–Crippen LogP) is 2.56. The summed E-state index contributed by atoms with van der Waals surface area (Å²) in [6.07, 6.45) is 2.31. The van der Waals surface area contributed by atoms with Crippen LogP contribution in [0.1, 0.15) is 12.6 Å². The number of para-hydroxylation sites is 1. The fraction of sp³-hybridized carbons (Fsp3) is 0.154. The molecule has 0 radical (unpaired) electrons. The number of carbonyl (C=O) groups excluding carboxylic acids is 1. The molecule has 2 rings (SSSR count). The third kappa shape index (κ3) is 2.88. The zero-order chi connectivity index (χ0) is 11.5. The molecule has 0 saturated carbocycles. The molecule has 0 aliphatic carbocycles. The van der Waals surface area contributed by atoms with E-state index in [1.807, 2.05) is 37.3 Å². The van der Waals surface area contributed by atoms with Crippen molar-refractivity contribution < 1.29 is 4.79 Å². The van der Waals surface area contributed by atoms with Crippen molar-refractivity contribution >= 4 is 29.2 Å². The Morgan fingerprint density at radius 1 is 1.41 bits per heavy atom. The Balaban J connectivity index is 0.00000144. The maximum absolute atomic E-state index is 11.1. The summed E-state index contributed by atoms with van der Waals surface area (Å²) in [7, 11) is 0. The molecule has 3 nitrogen and oxygen atoms in total. The number of rotatable bonds is 3. The maximum atomic E-state index is 11.1. The highest BCUT2D eigenvalue weighted by molar-refractivity contribution is 5.92. The molecule has 1 heterocycles. The van der Waals surface area contributed by atoms with Crippen LogP contribution in [0.2, 0.25) is 0 Å².